The van der Waals surface area contributed by atoms with Crippen LogP contribution >= 0.6 is 15.9 Å². The quantitative estimate of drug-likeness (QED) is 0.850. The van der Waals surface area contributed by atoms with Gasteiger partial charge in [0.1, 0.15) is 0 Å². The van der Waals surface area contributed by atoms with E-state index in [1.54, 1.807) is 0 Å². The summed E-state index contributed by atoms with van der Waals surface area (Å²) in [6, 6.07) is 3.89. The standard InChI is InChI=1S/C12H13BrF3NO3/c1-7(18)2-5-11(19)17-9-4-3-8(13)6-10(9)20-12(14,15)16/h3-4,6-7,18H,2,5H2,1H3,(H,17,19). The molecule has 1 atom stereocenters. The molecule has 1 unspecified atom stereocenters. The van der Waals surface area contributed by atoms with Crippen molar-refractivity contribution in [2.24, 2.45) is 0 Å². The lowest BCUT2D eigenvalue weighted by molar-refractivity contribution is -0.274. The van der Waals surface area contributed by atoms with Crippen LogP contribution in [0.5, 0.6) is 5.75 Å². The maximum atomic E-state index is 12.3. The molecule has 0 aliphatic carbocycles. The topological polar surface area (TPSA) is 58.6 Å². The maximum Gasteiger partial charge on any atom is 0.573 e. The van der Waals surface area contributed by atoms with Crippen LogP contribution in [-0.2, 0) is 4.79 Å². The second-order valence-corrected chi connectivity index (χ2v) is 5.04. The first-order valence-corrected chi connectivity index (χ1v) is 6.50. The van der Waals surface area contributed by atoms with E-state index in [-0.39, 0.29) is 18.5 Å². The summed E-state index contributed by atoms with van der Waals surface area (Å²) in [5, 5.41) is 11.4. The minimum atomic E-state index is -4.85. The Bertz CT molecular complexity index is 478. The van der Waals surface area contributed by atoms with Crippen LogP contribution in [0.25, 0.3) is 0 Å². The Morgan fingerprint density at radius 3 is 2.70 bits per heavy atom. The van der Waals surface area contributed by atoms with E-state index >= 15 is 0 Å². The van der Waals surface area contributed by atoms with Crippen molar-refractivity contribution >= 4 is 27.5 Å². The van der Waals surface area contributed by atoms with Gasteiger partial charge in [0, 0.05) is 10.9 Å². The number of nitrogens with one attached hydrogen (secondary N) is 1. The summed E-state index contributed by atoms with van der Waals surface area (Å²) in [6.07, 6.45) is -5.28. The summed E-state index contributed by atoms with van der Waals surface area (Å²) in [4.78, 5) is 11.5. The van der Waals surface area contributed by atoms with E-state index in [0.29, 0.717) is 4.47 Å². The first-order valence-electron chi connectivity index (χ1n) is 5.70. The number of alkyl halides is 3. The van der Waals surface area contributed by atoms with Crippen LogP contribution in [0, 0.1) is 0 Å². The Kier molecular flexibility index (Phi) is 5.82. The van der Waals surface area contributed by atoms with Crippen molar-refractivity contribution in [1.29, 1.82) is 0 Å². The average molecular weight is 356 g/mol. The van der Waals surface area contributed by atoms with Crippen LogP contribution in [0.4, 0.5) is 18.9 Å². The molecule has 8 heteroatoms. The summed E-state index contributed by atoms with van der Waals surface area (Å²) in [7, 11) is 0. The SMILES string of the molecule is CC(O)CCC(=O)Nc1ccc(Br)cc1OC(F)(F)F. The molecular formula is C12H13BrF3NO3. The Hall–Kier alpha value is -1.28. The minimum absolute atomic E-state index is 0.000805. The highest BCUT2D eigenvalue weighted by atomic mass is 79.9. The van der Waals surface area contributed by atoms with Gasteiger partial charge in [0.05, 0.1) is 11.8 Å². The molecule has 0 bridgehead atoms. The molecular weight excluding hydrogens is 343 g/mol. The molecule has 0 aliphatic rings. The highest BCUT2D eigenvalue weighted by Gasteiger charge is 2.32. The minimum Gasteiger partial charge on any atom is -0.404 e. The van der Waals surface area contributed by atoms with Crippen LogP contribution in [0.15, 0.2) is 22.7 Å². The zero-order valence-electron chi connectivity index (χ0n) is 10.5. The van der Waals surface area contributed by atoms with Gasteiger partial charge in [-0.25, -0.2) is 0 Å². The van der Waals surface area contributed by atoms with Crippen LogP contribution in [0.2, 0.25) is 0 Å². The highest BCUT2D eigenvalue weighted by Crippen LogP contribution is 2.33. The number of rotatable bonds is 5. The molecule has 0 saturated heterocycles. The average Bonchev–Trinajstić information content (AvgIpc) is 2.28. The lowest BCUT2D eigenvalue weighted by atomic mass is 10.2. The zero-order chi connectivity index (χ0) is 15.3. The first kappa shape index (κ1) is 16.8. The normalized spacial score (nSPS) is 12.9. The van der Waals surface area contributed by atoms with Gasteiger partial charge in [0.2, 0.25) is 5.91 Å². The largest absolute Gasteiger partial charge is 0.573 e. The number of anilines is 1. The number of carbonyl (C=O) groups is 1. The summed E-state index contributed by atoms with van der Waals surface area (Å²) in [6.45, 7) is 1.52. The second-order valence-electron chi connectivity index (χ2n) is 4.12. The molecule has 112 valence electrons. The predicted octanol–water partition coefficient (Wildman–Crippen LogP) is 3.45. The molecule has 0 fully saturated rings. The third-order valence-corrected chi connectivity index (χ3v) is 2.73. The van der Waals surface area contributed by atoms with Gasteiger partial charge in [-0.2, -0.15) is 0 Å². The number of hydrogen-bond donors (Lipinski definition) is 2. The third kappa shape index (κ3) is 6.25. The van der Waals surface area contributed by atoms with Crippen LogP contribution < -0.4 is 10.1 Å². The van der Waals surface area contributed by atoms with Crippen molar-refractivity contribution in [3.8, 4) is 5.75 Å². The van der Waals surface area contributed by atoms with Crippen molar-refractivity contribution in [3.05, 3.63) is 22.7 Å². The van der Waals surface area contributed by atoms with Gasteiger partial charge < -0.3 is 15.2 Å². The van der Waals surface area contributed by atoms with E-state index in [9.17, 15) is 18.0 Å². The number of aliphatic hydroxyl groups is 1. The molecule has 0 radical (unpaired) electrons. The van der Waals surface area contributed by atoms with Gasteiger partial charge in [-0.1, -0.05) is 15.9 Å². The molecule has 1 amide bonds. The van der Waals surface area contributed by atoms with E-state index in [4.69, 9.17) is 5.11 Å². The molecule has 1 aromatic carbocycles. The van der Waals surface area contributed by atoms with Crippen molar-refractivity contribution in [3.63, 3.8) is 0 Å². The highest BCUT2D eigenvalue weighted by molar-refractivity contribution is 9.10. The van der Waals surface area contributed by atoms with E-state index in [2.05, 4.69) is 26.0 Å². The summed E-state index contributed by atoms with van der Waals surface area (Å²) < 4.78 is 41.0. The third-order valence-electron chi connectivity index (χ3n) is 2.23. The smallest absolute Gasteiger partial charge is 0.404 e. The van der Waals surface area contributed by atoms with E-state index in [0.717, 1.165) is 6.07 Å². The molecule has 2 N–H and O–H groups in total. The molecule has 0 heterocycles. The lowest BCUT2D eigenvalue weighted by Crippen LogP contribution is -2.20. The van der Waals surface area contributed by atoms with Gasteiger partial charge in [0.25, 0.3) is 0 Å². The fourth-order valence-corrected chi connectivity index (χ4v) is 1.70. The lowest BCUT2D eigenvalue weighted by Gasteiger charge is -2.14. The fraction of sp³-hybridized carbons (Fsp3) is 0.417. The Labute approximate surface area is 122 Å². The molecule has 0 aromatic heterocycles. The van der Waals surface area contributed by atoms with E-state index in [1.165, 1.54) is 19.1 Å². The van der Waals surface area contributed by atoms with Crippen LogP contribution in [0.1, 0.15) is 19.8 Å². The number of aliphatic hydroxyl groups excluding tert-OH is 1. The second kappa shape index (κ2) is 6.94. The number of carbonyl (C=O) groups excluding carboxylic acids is 1. The summed E-state index contributed by atoms with van der Waals surface area (Å²) >= 11 is 3.03. The van der Waals surface area contributed by atoms with Crippen molar-refractivity contribution in [2.75, 3.05) is 5.32 Å². The molecule has 1 rings (SSSR count). The van der Waals surface area contributed by atoms with Gasteiger partial charge in [-0.3, -0.25) is 4.79 Å². The van der Waals surface area contributed by atoms with Gasteiger partial charge in [-0.05, 0) is 31.5 Å². The Morgan fingerprint density at radius 2 is 2.15 bits per heavy atom. The number of hydrogen-bond acceptors (Lipinski definition) is 3. The molecule has 0 aliphatic heterocycles. The fourth-order valence-electron chi connectivity index (χ4n) is 1.36. The Balaban J connectivity index is 2.81. The van der Waals surface area contributed by atoms with Crippen LogP contribution in [0.3, 0.4) is 0 Å². The van der Waals surface area contributed by atoms with Crippen LogP contribution in [-0.4, -0.2) is 23.5 Å². The van der Waals surface area contributed by atoms with Gasteiger partial charge in [0.15, 0.2) is 5.75 Å². The zero-order valence-corrected chi connectivity index (χ0v) is 12.1. The van der Waals surface area contributed by atoms with E-state index < -0.39 is 24.1 Å². The number of ether oxygens (including phenoxy) is 1. The number of amides is 1. The molecule has 20 heavy (non-hydrogen) atoms. The number of halogens is 4. The van der Waals surface area contributed by atoms with E-state index in [1.807, 2.05) is 0 Å². The maximum absolute atomic E-state index is 12.3. The molecule has 0 spiro atoms. The van der Waals surface area contributed by atoms with Crippen molar-refractivity contribution in [1.82, 2.24) is 0 Å². The van der Waals surface area contributed by atoms with Gasteiger partial charge in [-0.15, -0.1) is 13.2 Å². The predicted molar refractivity (Wildman–Crippen MR) is 70.4 cm³/mol. The Morgan fingerprint density at radius 1 is 1.50 bits per heavy atom. The van der Waals surface area contributed by atoms with Gasteiger partial charge >= 0.3 is 6.36 Å². The molecule has 1 aromatic rings. The summed E-state index contributed by atoms with van der Waals surface area (Å²) in [5.74, 6) is -1.00. The van der Waals surface area contributed by atoms with Crippen molar-refractivity contribution in [2.45, 2.75) is 32.2 Å². The molecule has 0 saturated carbocycles. The molecule has 4 nitrogen and oxygen atoms in total. The first-order chi connectivity index (χ1) is 9.17. The summed E-state index contributed by atoms with van der Waals surface area (Å²) in [5.41, 5.74) is -0.0823. The monoisotopic (exact) mass is 355 g/mol. The van der Waals surface area contributed by atoms with Crippen molar-refractivity contribution < 1.29 is 27.8 Å². The number of benzene rings is 1.